The molecule has 0 amide bonds. The Hall–Kier alpha value is -1.24. The van der Waals surface area contributed by atoms with Gasteiger partial charge >= 0.3 is 0 Å². The van der Waals surface area contributed by atoms with Crippen molar-refractivity contribution in [1.29, 1.82) is 0 Å². The lowest BCUT2D eigenvalue weighted by atomic mass is 9.44. The summed E-state index contributed by atoms with van der Waals surface area (Å²) in [5.41, 5.74) is -3.00. The smallest absolute Gasteiger partial charge is 0.236 e. The van der Waals surface area contributed by atoms with E-state index in [0.717, 1.165) is 5.57 Å². The highest BCUT2D eigenvalue weighted by Gasteiger charge is 2.85. The zero-order chi connectivity index (χ0) is 27.6. The summed E-state index contributed by atoms with van der Waals surface area (Å²) in [7, 11) is 1.42. The second-order valence-electron chi connectivity index (χ2n) is 12.9. The number of Topliss-reactive ketones (excluding diaryl/α,β-unsaturated/α-hetero) is 2. The third-order valence-corrected chi connectivity index (χ3v) is 11.4. The number of ketones is 2. The Labute approximate surface area is 222 Å². The number of allylic oxidation sites excluding steroid dienone is 1. The highest BCUT2D eigenvalue weighted by atomic mass is 16.7. The molecule has 212 valence electrons. The molecule has 2 aliphatic heterocycles. The highest BCUT2D eigenvalue weighted by Crippen LogP contribution is 2.72. The molecule has 10 nitrogen and oxygen atoms in total. The SMILES string of the molecule is COC1C(O)C(C)OC(OC2CCC3(C)C(=CCC4C3C(=O)C3(O)OC(C)C5CC(=O)C4(O)C53C)C2)C1O. The number of fused-ring (bicyclic) bond motifs is 4. The number of ether oxygens (including phenoxy) is 4. The van der Waals surface area contributed by atoms with Gasteiger partial charge in [-0.15, -0.1) is 0 Å². The van der Waals surface area contributed by atoms with Gasteiger partial charge in [0.25, 0.3) is 0 Å². The van der Waals surface area contributed by atoms with Gasteiger partial charge in [-0.1, -0.05) is 25.5 Å². The number of hydrogen-bond acceptors (Lipinski definition) is 10. The fourth-order valence-electron chi connectivity index (χ4n) is 9.17. The maximum atomic E-state index is 14.2. The van der Waals surface area contributed by atoms with E-state index in [1.54, 1.807) is 20.8 Å². The van der Waals surface area contributed by atoms with Crippen LogP contribution in [0.1, 0.15) is 59.8 Å². The van der Waals surface area contributed by atoms with E-state index < -0.39 is 82.6 Å². The van der Waals surface area contributed by atoms with Crippen molar-refractivity contribution in [2.45, 2.75) is 114 Å². The molecule has 0 aromatic rings. The number of aliphatic hydroxyl groups excluding tert-OH is 2. The number of methoxy groups -OCH3 is 1. The predicted molar refractivity (Wildman–Crippen MR) is 130 cm³/mol. The van der Waals surface area contributed by atoms with Gasteiger partial charge in [0.2, 0.25) is 5.79 Å². The molecule has 2 saturated heterocycles. The molecule has 0 radical (unpaired) electrons. The van der Waals surface area contributed by atoms with E-state index in [1.807, 2.05) is 13.0 Å². The van der Waals surface area contributed by atoms with Gasteiger partial charge in [-0.2, -0.15) is 0 Å². The summed E-state index contributed by atoms with van der Waals surface area (Å²) in [6, 6.07) is 0. The zero-order valence-corrected chi connectivity index (χ0v) is 22.6. The van der Waals surface area contributed by atoms with E-state index in [2.05, 4.69) is 0 Å². The van der Waals surface area contributed by atoms with Crippen molar-refractivity contribution < 1.29 is 49.0 Å². The highest BCUT2D eigenvalue weighted by molar-refractivity contribution is 6.01. The van der Waals surface area contributed by atoms with E-state index in [0.29, 0.717) is 25.7 Å². The lowest BCUT2D eigenvalue weighted by molar-refractivity contribution is -0.310. The molecular formula is C28H40O10. The van der Waals surface area contributed by atoms with E-state index >= 15 is 0 Å². The Balaban J connectivity index is 1.29. The van der Waals surface area contributed by atoms with Crippen molar-refractivity contribution in [1.82, 2.24) is 0 Å². The van der Waals surface area contributed by atoms with Crippen LogP contribution in [0.4, 0.5) is 0 Å². The van der Waals surface area contributed by atoms with Crippen LogP contribution in [0.2, 0.25) is 0 Å². The van der Waals surface area contributed by atoms with Crippen LogP contribution in [0.5, 0.6) is 0 Å². The first-order chi connectivity index (χ1) is 17.8. The van der Waals surface area contributed by atoms with Crippen LogP contribution in [0.3, 0.4) is 0 Å². The fraction of sp³-hybridized carbons (Fsp3) is 0.857. The third kappa shape index (κ3) is 3.01. The van der Waals surface area contributed by atoms with E-state index in [9.17, 15) is 30.0 Å². The monoisotopic (exact) mass is 536 g/mol. The Morgan fingerprint density at radius 1 is 1.03 bits per heavy atom. The summed E-state index contributed by atoms with van der Waals surface area (Å²) in [4.78, 5) is 27.6. The van der Waals surface area contributed by atoms with E-state index in [1.165, 1.54) is 7.11 Å². The molecule has 10 heteroatoms. The summed E-state index contributed by atoms with van der Waals surface area (Å²) in [6.45, 7) is 7.07. The molecule has 38 heavy (non-hydrogen) atoms. The zero-order valence-electron chi connectivity index (χ0n) is 22.6. The van der Waals surface area contributed by atoms with Crippen LogP contribution < -0.4 is 0 Å². The first kappa shape index (κ1) is 27.0. The molecule has 0 bridgehead atoms. The van der Waals surface area contributed by atoms with E-state index in [4.69, 9.17) is 18.9 Å². The van der Waals surface area contributed by atoms with Gasteiger partial charge < -0.3 is 39.4 Å². The van der Waals surface area contributed by atoms with Crippen LogP contribution in [-0.2, 0) is 28.5 Å². The van der Waals surface area contributed by atoms with Crippen molar-refractivity contribution in [2.75, 3.05) is 7.11 Å². The van der Waals surface area contributed by atoms with Crippen molar-refractivity contribution in [3.63, 3.8) is 0 Å². The average Bonchev–Trinajstić information content (AvgIpc) is 3.21. The molecule has 5 fully saturated rings. The summed E-state index contributed by atoms with van der Waals surface area (Å²) < 4.78 is 23.2. The summed E-state index contributed by atoms with van der Waals surface area (Å²) in [6.07, 6.45) is -1.47. The largest absolute Gasteiger partial charge is 0.388 e. The maximum absolute atomic E-state index is 14.2. The topological polar surface area (TPSA) is 152 Å². The Morgan fingerprint density at radius 3 is 2.42 bits per heavy atom. The Morgan fingerprint density at radius 2 is 1.74 bits per heavy atom. The van der Waals surface area contributed by atoms with Crippen LogP contribution in [0.25, 0.3) is 0 Å². The molecule has 3 saturated carbocycles. The number of aliphatic hydroxyl groups is 4. The Kier molecular flexibility index (Phi) is 5.95. The van der Waals surface area contributed by atoms with Gasteiger partial charge in [0.15, 0.2) is 17.9 Å². The van der Waals surface area contributed by atoms with Gasteiger partial charge in [0, 0.05) is 31.3 Å². The summed E-state index contributed by atoms with van der Waals surface area (Å²) >= 11 is 0. The maximum Gasteiger partial charge on any atom is 0.236 e. The standard InChI is InChI=1S/C28H40O10/c1-12-17-11-18(29)27(33)16-7-6-14-10-15(37-24-21(31)22(35-5)20(30)13(2)36-24)8-9-25(14,3)19(16)23(32)28(34,38-12)26(17,27)4/h6,12-13,15-17,19-22,24,30-31,33-34H,7-11H2,1-5H3. The number of carbonyl (C=O) groups is 2. The lowest BCUT2D eigenvalue weighted by Crippen LogP contribution is -2.75. The molecule has 6 rings (SSSR count). The molecule has 14 atom stereocenters. The molecule has 2 heterocycles. The van der Waals surface area contributed by atoms with Crippen molar-refractivity contribution in [3.05, 3.63) is 11.6 Å². The van der Waals surface area contributed by atoms with Gasteiger partial charge in [0.1, 0.15) is 23.9 Å². The summed E-state index contributed by atoms with van der Waals surface area (Å²) in [5.74, 6) is -4.86. The second-order valence-corrected chi connectivity index (χ2v) is 12.9. The van der Waals surface area contributed by atoms with Crippen LogP contribution in [0.15, 0.2) is 11.6 Å². The first-order valence-electron chi connectivity index (χ1n) is 13.8. The minimum atomic E-state index is -2.23. The molecule has 0 aromatic carbocycles. The van der Waals surface area contributed by atoms with Gasteiger partial charge in [-0.3, -0.25) is 9.59 Å². The van der Waals surface area contributed by atoms with Crippen molar-refractivity contribution >= 4 is 11.6 Å². The van der Waals surface area contributed by atoms with Crippen LogP contribution in [0, 0.1) is 28.6 Å². The quantitative estimate of drug-likeness (QED) is 0.378. The predicted octanol–water partition coefficient (Wildman–Crippen LogP) is 0.622. The molecule has 0 spiro atoms. The van der Waals surface area contributed by atoms with Crippen LogP contribution >= 0.6 is 0 Å². The third-order valence-electron chi connectivity index (χ3n) is 11.4. The fourth-order valence-corrected chi connectivity index (χ4v) is 9.17. The van der Waals surface area contributed by atoms with Gasteiger partial charge in [-0.05, 0) is 44.9 Å². The number of rotatable bonds is 3. The number of hydrogen-bond donors (Lipinski definition) is 4. The van der Waals surface area contributed by atoms with Gasteiger partial charge in [-0.25, -0.2) is 0 Å². The molecular weight excluding hydrogens is 496 g/mol. The van der Waals surface area contributed by atoms with E-state index in [-0.39, 0.29) is 18.3 Å². The minimum absolute atomic E-state index is 0.0788. The molecule has 4 N–H and O–H groups in total. The molecule has 6 aliphatic rings. The van der Waals surface area contributed by atoms with Gasteiger partial charge in [0.05, 0.1) is 23.7 Å². The lowest BCUT2D eigenvalue weighted by Gasteiger charge is -2.61. The normalized spacial score (nSPS) is 57.8. The van der Waals surface area contributed by atoms with Crippen LogP contribution in [-0.4, -0.2) is 93.4 Å². The number of carbonyl (C=O) groups excluding carboxylic acids is 2. The summed E-state index contributed by atoms with van der Waals surface area (Å²) in [5, 5.41) is 44.9. The van der Waals surface area contributed by atoms with Crippen molar-refractivity contribution in [3.8, 4) is 0 Å². The second kappa shape index (κ2) is 8.39. The Bertz CT molecular complexity index is 1080. The molecule has 4 aliphatic carbocycles. The average molecular weight is 537 g/mol. The van der Waals surface area contributed by atoms with Crippen molar-refractivity contribution in [2.24, 2.45) is 28.6 Å². The molecule has 0 aromatic heterocycles. The molecule has 14 unspecified atom stereocenters. The minimum Gasteiger partial charge on any atom is -0.388 e. The first-order valence-corrected chi connectivity index (χ1v) is 13.8.